The zero-order valence-corrected chi connectivity index (χ0v) is 68.9. The van der Waals surface area contributed by atoms with Crippen LogP contribution in [-0.2, 0) is 15.3 Å². The van der Waals surface area contributed by atoms with Gasteiger partial charge in [-0.15, -0.1) is 11.3 Å². The predicted octanol–water partition coefficient (Wildman–Crippen LogP) is 27.2. The molecule has 1 aliphatic heterocycles. The van der Waals surface area contributed by atoms with Gasteiger partial charge in [0, 0.05) is 85.2 Å². The molecule has 590 valence electrons. The number of benzene rings is 11. The fraction of sp³-hybridized carbons (Fsp3) is 0.00893. The maximum atomic E-state index is 13.0. The van der Waals surface area contributed by atoms with E-state index in [1.807, 2.05) is 163 Å². The van der Waals surface area contributed by atoms with Crippen molar-refractivity contribution in [2.75, 3.05) is 0 Å². The SMILES string of the molecule is O=S1(=O)c2ccccc2-c2cc(-c3ccc(-c4cc(-c5ccccc5)cc(-c5ccccn5)n4)nc3)ccc21.c1ccc(-c2cc(-c3ccccn3)nc(-c3ccc(-c4ccc5c(c4)-c4ccccc4C5(c4ccccc4)c4ccccc4)cn3)c2)cc1.c1ccc(-c2cc(-c3ccccn3)nc(-c3ccc(-c4ccc5sc6ccccc6c5c4)cn3)c2)cc1. The number of pyridine rings is 9. The zero-order valence-electron chi connectivity index (χ0n) is 67.3. The van der Waals surface area contributed by atoms with Crippen LogP contribution in [0.5, 0.6) is 0 Å². The average molecular weight is 1640 g/mol. The van der Waals surface area contributed by atoms with E-state index in [0.717, 1.165) is 146 Å². The Balaban J connectivity index is 0.000000116. The molecule has 0 N–H and O–H groups in total. The number of thiophene rings is 1. The van der Waals surface area contributed by atoms with E-state index in [1.165, 1.54) is 53.6 Å². The Hall–Kier alpha value is -16.1. The van der Waals surface area contributed by atoms with Crippen LogP contribution < -0.4 is 0 Å². The van der Waals surface area contributed by atoms with E-state index in [-0.39, 0.29) is 0 Å². The quantitative estimate of drug-likeness (QED) is 0.102. The maximum absolute atomic E-state index is 13.0. The molecule has 0 fully saturated rings. The van der Waals surface area contributed by atoms with Gasteiger partial charge in [-0.3, -0.25) is 29.9 Å². The van der Waals surface area contributed by atoms with Crippen LogP contribution in [0.3, 0.4) is 0 Å². The van der Waals surface area contributed by atoms with E-state index in [1.54, 1.807) is 36.8 Å². The summed E-state index contributed by atoms with van der Waals surface area (Å²) >= 11 is 1.84. The summed E-state index contributed by atoms with van der Waals surface area (Å²) in [6, 6.07) is 139. The van der Waals surface area contributed by atoms with Crippen molar-refractivity contribution in [1.82, 2.24) is 44.9 Å². The minimum Gasteiger partial charge on any atom is -0.255 e. The first-order chi connectivity index (χ1) is 61.7. The third kappa shape index (κ3) is 14.8. The molecule has 125 heavy (non-hydrogen) atoms. The molecule has 11 nitrogen and oxygen atoms in total. The highest BCUT2D eigenvalue weighted by Gasteiger charge is 2.46. The predicted molar refractivity (Wildman–Crippen MR) is 506 cm³/mol. The minimum absolute atomic E-state index is 0.348. The standard InChI is InChI=1S/C46H31N3.C33H21N3O2S.C33H21N3S/c1-4-14-32(15-5-1)35-29-44(42-22-12-13-27-47-42)49-45(30-35)43-26-24-34(31-48-43)33-23-25-41-39(28-33)38-20-10-11-21-40(38)46(41,36-16-6-2-7-17-36)37-18-8-3-9-19-37;37-39(38)32-12-5-4-10-26(32)27-18-23(14-16-33(27)39)24-13-15-29(35-21-24)31-20-25(22-8-2-1-3-9-22)19-30(36-31)28-11-6-7-17-34-28;1-2-8-22(9-3-1)25-19-30(28-11-6-7-17-34-28)36-31(20-25)29-15-13-24(21-35-29)23-14-16-33-27(18-23)26-10-4-5-12-32(26)37-33/h1-31H;1-21H;1-21H. The van der Waals surface area contributed by atoms with Crippen LogP contribution >= 0.6 is 11.3 Å². The second kappa shape index (κ2) is 33.2. The summed E-state index contributed by atoms with van der Waals surface area (Å²) in [7, 11) is -3.49. The summed E-state index contributed by atoms with van der Waals surface area (Å²) < 4.78 is 28.5. The lowest BCUT2D eigenvalue weighted by Crippen LogP contribution is -2.28. The molecule has 0 atom stereocenters. The molecule has 1 aliphatic carbocycles. The minimum atomic E-state index is -3.49. The number of fused-ring (bicyclic) bond motifs is 9. The molecule has 0 amide bonds. The van der Waals surface area contributed by atoms with Crippen molar-refractivity contribution in [3.63, 3.8) is 0 Å². The van der Waals surface area contributed by atoms with Crippen molar-refractivity contribution in [3.8, 4) is 157 Å². The van der Waals surface area contributed by atoms with Crippen molar-refractivity contribution in [3.05, 3.63) is 466 Å². The summed E-state index contributed by atoms with van der Waals surface area (Å²) in [5.41, 5.74) is 31.2. The Morgan fingerprint density at radius 3 is 1.00 bits per heavy atom. The topological polar surface area (TPSA) is 150 Å². The van der Waals surface area contributed by atoms with E-state index in [4.69, 9.17) is 29.9 Å². The second-order valence-corrected chi connectivity index (χ2v) is 33.7. The van der Waals surface area contributed by atoms with Gasteiger partial charge in [0.25, 0.3) is 0 Å². The van der Waals surface area contributed by atoms with Gasteiger partial charge in [-0.25, -0.2) is 23.4 Å². The highest BCUT2D eigenvalue weighted by Crippen LogP contribution is 2.57. The van der Waals surface area contributed by atoms with E-state index >= 15 is 0 Å². The van der Waals surface area contributed by atoms with Gasteiger partial charge in [0.1, 0.15) is 0 Å². The largest absolute Gasteiger partial charge is 0.255 e. The lowest BCUT2D eigenvalue weighted by molar-refractivity contribution is 0.598. The van der Waals surface area contributed by atoms with Crippen molar-refractivity contribution in [2.24, 2.45) is 0 Å². The molecule has 0 bridgehead atoms. The Labute approximate surface area is 727 Å². The molecule has 13 heteroatoms. The van der Waals surface area contributed by atoms with Crippen LogP contribution in [0.25, 0.3) is 178 Å². The highest BCUT2D eigenvalue weighted by molar-refractivity contribution is 7.92. The van der Waals surface area contributed by atoms with Crippen molar-refractivity contribution in [2.45, 2.75) is 15.2 Å². The first-order valence-electron chi connectivity index (χ1n) is 41.3. The first kappa shape index (κ1) is 76.3. The molecule has 0 spiro atoms. The maximum Gasteiger partial charge on any atom is 0.207 e. The van der Waals surface area contributed by atoms with Crippen LogP contribution in [0.2, 0.25) is 0 Å². The summed E-state index contributed by atoms with van der Waals surface area (Å²) in [6.45, 7) is 0. The molecule has 11 heterocycles. The average Bonchev–Trinajstić information content (AvgIpc) is 1.54. The number of sulfone groups is 1. The third-order valence-corrected chi connectivity index (χ3v) is 26.2. The van der Waals surface area contributed by atoms with E-state index in [0.29, 0.717) is 9.79 Å². The lowest BCUT2D eigenvalue weighted by Gasteiger charge is -2.33. The van der Waals surface area contributed by atoms with Gasteiger partial charge in [0.15, 0.2) is 0 Å². The Bertz CT molecular complexity index is 7460. The third-order valence-electron chi connectivity index (χ3n) is 23.2. The van der Waals surface area contributed by atoms with Crippen molar-refractivity contribution in [1.29, 1.82) is 0 Å². The van der Waals surface area contributed by atoms with Crippen LogP contribution in [0.1, 0.15) is 22.3 Å². The molecule has 23 rings (SSSR count). The number of rotatable bonds is 14. The molecule has 0 saturated carbocycles. The fourth-order valence-electron chi connectivity index (χ4n) is 17.2. The van der Waals surface area contributed by atoms with Gasteiger partial charge < -0.3 is 0 Å². The Kier molecular flexibility index (Phi) is 20.3. The van der Waals surface area contributed by atoms with Gasteiger partial charge in [0.2, 0.25) is 9.84 Å². The second-order valence-electron chi connectivity index (χ2n) is 30.7. The molecule has 2 aliphatic rings. The van der Waals surface area contributed by atoms with Crippen molar-refractivity contribution < 1.29 is 8.42 Å². The Morgan fingerprint density at radius 2 is 0.552 bits per heavy atom. The summed E-state index contributed by atoms with van der Waals surface area (Å²) in [5, 5.41) is 2.59. The van der Waals surface area contributed by atoms with Gasteiger partial charge in [0.05, 0.1) is 83.5 Å². The van der Waals surface area contributed by atoms with Crippen LogP contribution in [-0.4, -0.2) is 53.3 Å². The molecule has 21 aromatic rings. The Morgan fingerprint density at radius 1 is 0.208 bits per heavy atom. The van der Waals surface area contributed by atoms with Gasteiger partial charge >= 0.3 is 0 Å². The van der Waals surface area contributed by atoms with Crippen LogP contribution in [0, 0.1) is 0 Å². The van der Waals surface area contributed by atoms with Crippen LogP contribution in [0.4, 0.5) is 0 Å². The van der Waals surface area contributed by atoms with Gasteiger partial charge in [-0.05, 0) is 217 Å². The zero-order chi connectivity index (χ0) is 83.6. The van der Waals surface area contributed by atoms with E-state index < -0.39 is 15.3 Å². The summed E-state index contributed by atoms with van der Waals surface area (Å²) in [5.74, 6) is 0. The molecule has 0 unspecified atom stereocenters. The number of aromatic nitrogens is 9. The van der Waals surface area contributed by atoms with E-state index in [9.17, 15) is 8.42 Å². The van der Waals surface area contributed by atoms with E-state index in [2.05, 4.69) is 270 Å². The molecule has 0 saturated heterocycles. The van der Waals surface area contributed by atoms with Crippen molar-refractivity contribution >= 4 is 41.3 Å². The molecular weight excluding hydrogens is 1570 g/mol. The number of nitrogens with zero attached hydrogens (tertiary/aromatic N) is 9. The smallest absolute Gasteiger partial charge is 0.207 e. The summed E-state index contributed by atoms with van der Waals surface area (Å²) in [6.07, 6.45) is 11.1. The highest BCUT2D eigenvalue weighted by atomic mass is 32.2. The summed E-state index contributed by atoms with van der Waals surface area (Å²) in [4.78, 5) is 43.8. The first-order valence-corrected chi connectivity index (χ1v) is 43.6. The molecule has 11 aromatic carbocycles. The van der Waals surface area contributed by atoms with Crippen LogP contribution in [0.15, 0.2) is 453 Å². The fourth-order valence-corrected chi connectivity index (χ4v) is 19.9. The van der Waals surface area contributed by atoms with Gasteiger partial charge in [-0.2, -0.15) is 0 Å². The monoisotopic (exact) mass is 1640 g/mol. The molecular formula is C112H73N9O2S2. The number of hydrogen-bond acceptors (Lipinski definition) is 12. The lowest BCUT2D eigenvalue weighted by atomic mass is 9.67. The van der Waals surface area contributed by atoms with Gasteiger partial charge in [-0.1, -0.05) is 273 Å². The normalized spacial score (nSPS) is 12.4. The number of hydrogen-bond donors (Lipinski definition) is 0. The molecule has 10 aromatic heterocycles. The molecule has 0 radical (unpaired) electrons.